The molecule has 0 radical (unpaired) electrons. The van der Waals surface area contributed by atoms with Crippen LogP contribution in [0.25, 0.3) is 16.6 Å². The summed E-state index contributed by atoms with van der Waals surface area (Å²) in [4.78, 5) is 23.3. The number of halogens is 4. The Morgan fingerprint density at radius 3 is 2.82 bits per heavy atom. The van der Waals surface area contributed by atoms with Crippen molar-refractivity contribution < 1.29 is 22.7 Å². The van der Waals surface area contributed by atoms with Crippen molar-refractivity contribution in [1.82, 2.24) is 19.3 Å². The molecule has 33 heavy (non-hydrogen) atoms. The van der Waals surface area contributed by atoms with Gasteiger partial charge in [-0.2, -0.15) is 13.2 Å². The normalized spacial score (nSPS) is 16.2. The third-order valence-corrected chi connectivity index (χ3v) is 6.16. The topological polar surface area (TPSA) is 85.8 Å². The first-order chi connectivity index (χ1) is 15.6. The summed E-state index contributed by atoms with van der Waals surface area (Å²) in [5, 5.41) is 0.176. The van der Waals surface area contributed by atoms with Crippen molar-refractivity contribution in [3.63, 3.8) is 0 Å². The molecule has 4 aromatic rings. The monoisotopic (exact) mass is 475 g/mol. The average molecular weight is 476 g/mol. The number of anilines is 1. The summed E-state index contributed by atoms with van der Waals surface area (Å²) >= 11 is 6.42. The lowest BCUT2D eigenvalue weighted by atomic mass is 9.95. The fourth-order valence-electron chi connectivity index (χ4n) is 4.12. The predicted molar refractivity (Wildman–Crippen MR) is 116 cm³/mol. The van der Waals surface area contributed by atoms with Gasteiger partial charge < -0.3 is 15.4 Å². The van der Waals surface area contributed by atoms with Crippen LogP contribution in [0.3, 0.4) is 0 Å². The highest BCUT2D eigenvalue weighted by Gasteiger charge is 2.34. The fraction of sp³-hybridized carbons (Fsp3) is 0.227. The SMILES string of the molecule is CN(C(=O)c1cc2c(cc1Cl)nc(N)c1cncn12)C1COCc2cc(C(F)(F)F)ccc21. The van der Waals surface area contributed by atoms with E-state index in [1.54, 1.807) is 36.1 Å². The minimum Gasteiger partial charge on any atom is -0.382 e. The van der Waals surface area contributed by atoms with Crippen molar-refractivity contribution >= 4 is 39.9 Å². The summed E-state index contributed by atoms with van der Waals surface area (Å²) in [6, 6.07) is 6.06. The van der Waals surface area contributed by atoms with E-state index in [-0.39, 0.29) is 29.6 Å². The molecule has 0 saturated heterocycles. The molecule has 5 rings (SSSR count). The van der Waals surface area contributed by atoms with E-state index in [4.69, 9.17) is 22.1 Å². The van der Waals surface area contributed by atoms with E-state index in [9.17, 15) is 18.0 Å². The third kappa shape index (κ3) is 3.55. The number of hydrogen-bond donors (Lipinski definition) is 1. The van der Waals surface area contributed by atoms with Crippen LogP contribution in [0.1, 0.15) is 33.1 Å². The number of carbonyl (C=O) groups is 1. The van der Waals surface area contributed by atoms with E-state index in [0.29, 0.717) is 27.7 Å². The molecule has 0 aliphatic carbocycles. The Morgan fingerprint density at radius 1 is 1.27 bits per heavy atom. The van der Waals surface area contributed by atoms with Gasteiger partial charge in [0.05, 0.1) is 59.0 Å². The number of carbonyl (C=O) groups excluding carboxylic acids is 1. The number of nitrogens with two attached hydrogens (primary N) is 1. The lowest BCUT2D eigenvalue weighted by Gasteiger charge is -2.33. The molecule has 0 saturated carbocycles. The van der Waals surface area contributed by atoms with Crippen LogP contribution >= 0.6 is 11.6 Å². The first kappa shape index (κ1) is 21.5. The summed E-state index contributed by atoms with van der Waals surface area (Å²) in [6.07, 6.45) is -1.33. The first-order valence-corrected chi connectivity index (χ1v) is 10.3. The number of amides is 1. The Hall–Kier alpha value is -3.37. The van der Waals surface area contributed by atoms with E-state index < -0.39 is 23.7 Å². The number of imidazole rings is 1. The number of benzene rings is 2. The standard InChI is InChI=1S/C22H17ClF3N5O2/c1-30(19-9-33-8-11-4-12(22(24,25)26)2-3-13(11)19)21(32)14-5-17-16(6-15(14)23)29-20(27)18-7-28-10-31(17)18/h2-7,10,19H,8-9H2,1H3,(H2,27,29). The zero-order valence-electron chi connectivity index (χ0n) is 17.2. The van der Waals surface area contributed by atoms with E-state index >= 15 is 0 Å². The maximum atomic E-state index is 13.4. The van der Waals surface area contributed by atoms with Gasteiger partial charge in [0.15, 0.2) is 0 Å². The van der Waals surface area contributed by atoms with Gasteiger partial charge in [-0.3, -0.25) is 9.20 Å². The minimum atomic E-state index is -4.46. The maximum Gasteiger partial charge on any atom is 0.416 e. The summed E-state index contributed by atoms with van der Waals surface area (Å²) in [5.41, 5.74) is 8.10. The van der Waals surface area contributed by atoms with Crippen LogP contribution in [0.15, 0.2) is 42.9 Å². The number of fused-ring (bicyclic) bond motifs is 4. The quantitative estimate of drug-likeness (QED) is 0.462. The molecule has 7 nitrogen and oxygen atoms in total. The van der Waals surface area contributed by atoms with Gasteiger partial charge in [-0.05, 0) is 35.4 Å². The summed E-state index contributed by atoms with van der Waals surface area (Å²) in [5.74, 6) is -0.130. The molecule has 1 unspecified atom stereocenters. The molecular weight excluding hydrogens is 459 g/mol. The molecule has 1 amide bonds. The van der Waals surface area contributed by atoms with Crippen molar-refractivity contribution in [1.29, 1.82) is 0 Å². The van der Waals surface area contributed by atoms with E-state index in [2.05, 4.69) is 9.97 Å². The average Bonchev–Trinajstić information content (AvgIpc) is 3.27. The highest BCUT2D eigenvalue weighted by molar-refractivity contribution is 6.34. The number of hydrogen-bond acceptors (Lipinski definition) is 5. The van der Waals surface area contributed by atoms with E-state index in [1.807, 2.05) is 0 Å². The van der Waals surface area contributed by atoms with Crippen molar-refractivity contribution in [2.24, 2.45) is 0 Å². The predicted octanol–water partition coefficient (Wildman–Crippen LogP) is 4.48. The maximum absolute atomic E-state index is 13.4. The molecule has 1 atom stereocenters. The number of rotatable bonds is 2. The van der Waals surface area contributed by atoms with Gasteiger partial charge in [-0.1, -0.05) is 17.7 Å². The second-order valence-electron chi connectivity index (χ2n) is 7.83. The summed E-state index contributed by atoms with van der Waals surface area (Å²) in [6.45, 7) is 0.190. The molecule has 1 aliphatic rings. The molecule has 3 heterocycles. The summed E-state index contributed by atoms with van der Waals surface area (Å²) < 4.78 is 46.6. The number of alkyl halides is 3. The van der Waals surface area contributed by atoms with Crippen molar-refractivity contribution in [3.05, 3.63) is 70.1 Å². The van der Waals surface area contributed by atoms with Crippen LogP contribution in [0.5, 0.6) is 0 Å². The van der Waals surface area contributed by atoms with Crippen molar-refractivity contribution in [3.8, 4) is 0 Å². The Kier molecular flexibility index (Phi) is 4.95. The molecular formula is C22H17ClF3N5O2. The number of nitrogens with zero attached hydrogens (tertiary/aromatic N) is 4. The molecule has 2 aromatic heterocycles. The van der Waals surface area contributed by atoms with Crippen LogP contribution in [-0.2, 0) is 17.5 Å². The van der Waals surface area contributed by atoms with Crippen LogP contribution in [-0.4, -0.2) is 38.8 Å². The molecule has 1 aliphatic heterocycles. The third-order valence-electron chi connectivity index (χ3n) is 5.85. The summed E-state index contributed by atoms with van der Waals surface area (Å²) in [7, 11) is 1.57. The Balaban J connectivity index is 1.54. The Bertz CT molecular complexity index is 1420. The van der Waals surface area contributed by atoms with Gasteiger partial charge in [0.2, 0.25) is 0 Å². The number of ether oxygens (including phenoxy) is 1. The molecule has 2 aromatic carbocycles. The highest BCUT2D eigenvalue weighted by Crippen LogP contribution is 2.36. The number of aromatic nitrogens is 3. The first-order valence-electron chi connectivity index (χ1n) is 9.91. The lowest BCUT2D eigenvalue weighted by Crippen LogP contribution is -2.36. The zero-order chi connectivity index (χ0) is 23.5. The second kappa shape index (κ2) is 7.60. The van der Waals surface area contributed by atoms with Gasteiger partial charge >= 0.3 is 6.18 Å². The number of likely N-dealkylation sites (N-methyl/N-ethyl adjacent to an activating group) is 1. The smallest absolute Gasteiger partial charge is 0.382 e. The van der Waals surface area contributed by atoms with Gasteiger partial charge in [-0.15, -0.1) is 0 Å². The van der Waals surface area contributed by atoms with E-state index in [1.165, 1.54) is 11.0 Å². The molecule has 0 spiro atoms. The van der Waals surface area contributed by atoms with Gasteiger partial charge in [0.25, 0.3) is 5.91 Å². The van der Waals surface area contributed by atoms with Crippen LogP contribution in [0.4, 0.5) is 19.0 Å². The number of nitrogen functional groups attached to an aromatic ring is 1. The van der Waals surface area contributed by atoms with Crippen LogP contribution < -0.4 is 5.73 Å². The van der Waals surface area contributed by atoms with Gasteiger partial charge in [0, 0.05) is 7.05 Å². The molecule has 170 valence electrons. The largest absolute Gasteiger partial charge is 0.416 e. The second-order valence-corrected chi connectivity index (χ2v) is 8.23. The van der Waals surface area contributed by atoms with Crippen molar-refractivity contribution in [2.75, 3.05) is 19.4 Å². The van der Waals surface area contributed by atoms with Gasteiger partial charge in [0.1, 0.15) is 11.3 Å². The Morgan fingerprint density at radius 2 is 2.06 bits per heavy atom. The fourth-order valence-corrected chi connectivity index (χ4v) is 4.35. The molecule has 0 fully saturated rings. The molecule has 0 bridgehead atoms. The molecule has 11 heteroatoms. The van der Waals surface area contributed by atoms with Crippen molar-refractivity contribution in [2.45, 2.75) is 18.8 Å². The molecule has 2 N–H and O–H groups in total. The lowest BCUT2D eigenvalue weighted by molar-refractivity contribution is -0.137. The Labute approximate surface area is 190 Å². The zero-order valence-corrected chi connectivity index (χ0v) is 18.0. The van der Waals surface area contributed by atoms with Crippen LogP contribution in [0, 0.1) is 0 Å². The highest BCUT2D eigenvalue weighted by atomic mass is 35.5. The van der Waals surface area contributed by atoms with Crippen LogP contribution in [0.2, 0.25) is 5.02 Å². The van der Waals surface area contributed by atoms with E-state index in [0.717, 1.165) is 12.1 Å². The van der Waals surface area contributed by atoms with Gasteiger partial charge in [-0.25, -0.2) is 9.97 Å². The minimum absolute atomic E-state index is 0.0419.